The van der Waals surface area contributed by atoms with Crippen LogP contribution in [-0.2, 0) is 0 Å². The molecule has 0 radical (unpaired) electrons. The maximum Gasteiger partial charge on any atom is 0.446 e. The molecule has 0 saturated carbocycles. The van der Waals surface area contributed by atoms with E-state index in [4.69, 9.17) is 0 Å². The lowest BCUT2D eigenvalue weighted by Crippen LogP contribution is -2.15. The molecule has 2 N–H and O–H groups in total. The molecule has 31 heavy (non-hydrogen) atoms. The summed E-state index contributed by atoms with van der Waals surface area (Å²) in [5.41, 5.74) is -2.85. The number of hydrogen-bond acceptors (Lipinski definition) is 3. The number of rotatable bonds is 5. The van der Waals surface area contributed by atoms with Gasteiger partial charge in [0.1, 0.15) is 0 Å². The number of thioether (sulfide) groups is 1. The Morgan fingerprint density at radius 3 is 2.19 bits per heavy atom. The molecule has 0 spiro atoms. The Bertz CT molecular complexity index is 1120. The number of amides is 2. The van der Waals surface area contributed by atoms with Crippen LogP contribution in [0.1, 0.15) is 26.3 Å². The minimum absolute atomic E-state index is 0.0247. The lowest BCUT2D eigenvalue weighted by atomic mass is 10.1. The second kappa shape index (κ2) is 9.57. The quantitative estimate of drug-likeness (QED) is 0.369. The van der Waals surface area contributed by atoms with E-state index in [1.807, 2.05) is 0 Å². The Kier molecular flexibility index (Phi) is 7.07. The predicted molar refractivity (Wildman–Crippen MR) is 120 cm³/mol. The number of halogens is 4. The molecule has 0 bridgehead atoms. The topological polar surface area (TPSA) is 58.2 Å². The van der Waals surface area contributed by atoms with Crippen LogP contribution in [0.3, 0.4) is 0 Å². The molecule has 0 aromatic heterocycles. The van der Waals surface area contributed by atoms with Crippen LogP contribution in [0.2, 0.25) is 0 Å². The van der Waals surface area contributed by atoms with Gasteiger partial charge in [-0.25, -0.2) is 0 Å². The first-order valence-corrected chi connectivity index (χ1v) is 10.6. The highest BCUT2D eigenvalue weighted by atomic mass is 79.9. The Hall–Kier alpha value is -2.78. The van der Waals surface area contributed by atoms with Crippen LogP contribution in [0.4, 0.5) is 24.5 Å². The summed E-state index contributed by atoms with van der Waals surface area (Å²) in [5, 5.41) is 5.24. The molecular formula is C22H16BrF3N2O2S. The molecule has 0 heterocycles. The number of aryl methyl sites for hydroxylation is 1. The van der Waals surface area contributed by atoms with Crippen molar-refractivity contribution in [2.45, 2.75) is 17.3 Å². The normalized spacial score (nSPS) is 11.1. The summed E-state index contributed by atoms with van der Waals surface area (Å²) in [6.07, 6.45) is 0. The largest absolute Gasteiger partial charge is 0.446 e. The van der Waals surface area contributed by atoms with Crippen LogP contribution in [0.5, 0.6) is 0 Å². The third-order valence-corrected chi connectivity index (χ3v) is 5.48. The van der Waals surface area contributed by atoms with Gasteiger partial charge in [0.25, 0.3) is 11.8 Å². The van der Waals surface area contributed by atoms with Crippen molar-refractivity contribution in [2.24, 2.45) is 0 Å². The summed E-state index contributed by atoms with van der Waals surface area (Å²) in [4.78, 5) is 24.9. The number of carbonyl (C=O) groups excluding carboxylic acids is 2. The number of hydrogen-bond donors (Lipinski definition) is 2. The molecule has 0 aliphatic rings. The van der Waals surface area contributed by atoms with Crippen molar-refractivity contribution in [2.75, 3.05) is 10.6 Å². The van der Waals surface area contributed by atoms with Gasteiger partial charge in [-0.1, -0.05) is 24.3 Å². The van der Waals surface area contributed by atoms with Gasteiger partial charge in [-0.05, 0) is 82.6 Å². The van der Waals surface area contributed by atoms with E-state index in [1.54, 1.807) is 55.5 Å². The van der Waals surface area contributed by atoms with E-state index in [2.05, 4.69) is 26.6 Å². The van der Waals surface area contributed by atoms with Crippen molar-refractivity contribution < 1.29 is 22.8 Å². The van der Waals surface area contributed by atoms with E-state index in [-0.39, 0.29) is 33.8 Å². The summed E-state index contributed by atoms with van der Waals surface area (Å²) in [5.74, 6) is -0.951. The summed E-state index contributed by atoms with van der Waals surface area (Å²) < 4.78 is 39.2. The van der Waals surface area contributed by atoms with Crippen LogP contribution in [0.25, 0.3) is 0 Å². The fourth-order valence-corrected chi connectivity index (χ4v) is 4.32. The molecular weight excluding hydrogens is 493 g/mol. The maximum absolute atomic E-state index is 13.0. The van der Waals surface area contributed by atoms with Crippen LogP contribution in [-0.4, -0.2) is 17.3 Å². The zero-order chi connectivity index (χ0) is 22.6. The van der Waals surface area contributed by atoms with Crippen molar-refractivity contribution >= 4 is 50.9 Å². The van der Waals surface area contributed by atoms with Gasteiger partial charge in [0, 0.05) is 26.2 Å². The van der Waals surface area contributed by atoms with E-state index < -0.39 is 11.4 Å². The standard InChI is InChI=1S/C22H16BrF3N2O2S/c1-13-10-17(23)19(18(11-13)31-22(24,25)26)28-21(30)15-8-5-9-16(12-15)27-20(29)14-6-3-2-4-7-14/h2-12H,1H3,(H,27,29)(H,28,30). The molecule has 3 aromatic carbocycles. The maximum atomic E-state index is 13.0. The number of anilines is 2. The molecule has 0 unspecified atom stereocenters. The Morgan fingerprint density at radius 1 is 0.871 bits per heavy atom. The van der Waals surface area contributed by atoms with Gasteiger partial charge in [-0.15, -0.1) is 0 Å². The van der Waals surface area contributed by atoms with Crippen LogP contribution >= 0.6 is 27.7 Å². The number of benzene rings is 3. The number of alkyl halides is 3. The van der Waals surface area contributed by atoms with Crippen molar-refractivity contribution in [1.82, 2.24) is 0 Å². The number of carbonyl (C=O) groups is 2. The zero-order valence-electron chi connectivity index (χ0n) is 16.1. The molecule has 0 aliphatic heterocycles. The van der Waals surface area contributed by atoms with Gasteiger partial charge in [-0.3, -0.25) is 9.59 Å². The molecule has 3 aromatic rings. The van der Waals surface area contributed by atoms with Gasteiger partial charge >= 0.3 is 5.51 Å². The van der Waals surface area contributed by atoms with E-state index in [1.165, 1.54) is 18.2 Å². The average molecular weight is 509 g/mol. The molecule has 0 fully saturated rings. The minimum Gasteiger partial charge on any atom is -0.322 e. The van der Waals surface area contributed by atoms with Gasteiger partial charge in [0.2, 0.25) is 0 Å². The molecule has 2 amide bonds. The van der Waals surface area contributed by atoms with E-state index in [0.29, 0.717) is 21.3 Å². The summed E-state index contributed by atoms with van der Waals surface area (Å²) in [6, 6.07) is 17.7. The SMILES string of the molecule is Cc1cc(Br)c(NC(=O)c2cccc(NC(=O)c3ccccc3)c2)c(SC(F)(F)F)c1. The van der Waals surface area contributed by atoms with Crippen LogP contribution in [0, 0.1) is 6.92 Å². The molecule has 0 atom stereocenters. The number of nitrogens with one attached hydrogen (secondary N) is 2. The van der Waals surface area contributed by atoms with E-state index >= 15 is 0 Å². The smallest absolute Gasteiger partial charge is 0.322 e. The highest BCUT2D eigenvalue weighted by Crippen LogP contribution is 2.43. The van der Waals surface area contributed by atoms with Gasteiger partial charge in [0.05, 0.1) is 5.69 Å². The van der Waals surface area contributed by atoms with E-state index in [0.717, 1.165) is 0 Å². The first kappa shape index (κ1) is 22.9. The van der Waals surface area contributed by atoms with Gasteiger partial charge in [0.15, 0.2) is 0 Å². The first-order chi connectivity index (χ1) is 14.6. The Balaban J connectivity index is 1.82. The van der Waals surface area contributed by atoms with Crippen LogP contribution < -0.4 is 10.6 Å². The minimum atomic E-state index is -4.51. The average Bonchev–Trinajstić information content (AvgIpc) is 2.70. The molecule has 4 nitrogen and oxygen atoms in total. The first-order valence-electron chi connectivity index (χ1n) is 8.96. The highest BCUT2D eigenvalue weighted by molar-refractivity contribution is 9.10. The van der Waals surface area contributed by atoms with Crippen molar-refractivity contribution in [3.05, 3.63) is 87.9 Å². The van der Waals surface area contributed by atoms with Crippen molar-refractivity contribution in [1.29, 1.82) is 0 Å². The van der Waals surface area contributed by atoms with Crippen molar-refractivity contribution in [3.63, 3.8) is 0 Å². The molecule has 160 valence electrons. The summed E-state index contributed by atoms with van der Waals surface area (Å²) in [6.45, 7) is 1.66. The molecule has 0 aliphatic carbocycles. The van der Waals surface area contributed by atoms with Gasteiger partial charge in [-0.2, -0.15) is 13.2 Å². The Morgan fingerprint density at radius 2 is 1.52 bits per heavy atom. The summed E-state index contributed by atoms with van der Waals surface area (Å²) in [7, 11) is 0. The third kappa shape index (κ3) is 6.35. The fourth-order valence-electron chi connectivity index (χ4n) is 2.75. The van der Waals surface area contributed by atoms with Crippen molar-refractivity contribution in [3.8, 4) is 0 Å². The van der Waals surface area contributed by atoms with Gasteiger partial charge < -0.3 is 10.6 Å². The monoisotopic (exact) mass is 508 g/mol. The zero-order valence-corrected chi connectivity index (χ0v) is 18.5. The van der Waals surface area contributed by atoms with E-state index in [9.17, 15) is 22.8 Å². The molecule has 3 rings (SSSR count). The Labute approximate surface area is 189 Å². The van der Waals surface area contributed by atoms with Crippen LogP contribution in [0.15, 0.2) is 76.1 Å². The lowest BCUT2D eigenvalue weighted by Gasteiger charge is -2.15. The third-order valence-electron chi connectivity index (χ3n) is 4.08. The lowest BCUT2D eigenvalue weighted by molar-refractivity contribution is -0.0328. The predicted octanol–water partition coefficient (Wildman–Crippen LogP) is 6.87. The fraction of sp³-hybridized carbons (Fsp3) is 0.0909. The second-order valence-electron chi connectivity index (χ2n) is 6.52. The summed E-state index contributed by atoms with van der Waals surface area (Å²) >= 11 is 2.93. The molecule has 0 saturated heterocycles. The second-order valence-corrected chi connectivity index (χ2v) is 8.48. The highest BCUT2D eigenvalue weighted by Gasteiger charge is 2.31. The molecule has 9 heteroatoms.